The number of nitrogens with one attached hydrogen (secondary N) is 1. The van der Waals surface area contributed by atoms with E-state index in [4.69, 9.17) is 4.84 Å². The van der Waals surface area contributed by atoms with Gasteiger partial charge < -0.3 is 0 Å². The summed E-state index contributed by atoms with van der Waals surface area (Å²) >= 11 is 0. The highest BCUT2D eigenvalue weighted by molar-refractivity contribution is 7.87. The average molecular weight is 236 g/mol. The molecule has 6 heteroatoms. The molecule has 1 fully saturated rings. The van der Waals surface area contributed by atoms with Crippen molar-refractivity contribution in [2.75, 3.05) is 13.7 Å². The lowest BCUT2D eigenvalue weighted by Crippen LogP contribution is -2.44. The van der Waals surface area contributed by atoms with E-state index in [-0.39, 0.29) is 6.04 Å². The van der Waals surface area contributed by atoms with E-state index in [1.807, 2.05) is 0 Å². The molecule has 5 nitrogen and oxygen atoms in total. The molecular formula is C9H20N2O3S. The summed E-state index contributed by atoms with van der Waals surface area (Å²) in [6.45, 7) is 2.07. The summed E-state index contributed by atoms with van der Waals surface area (Å²) in [6, 6.07) is 0.122. The van der Waals surface area contributed by atoms with Crippen LogP contribution in [-0.4, -0.2) is 32.4 Å². The van der Waals surface area contributed by atoms with Crippen LogP contribution in [0.25, 0.3) is 0 Å². The molecule has 0 saturated heterocycles. The smallest absolute Gasteiger partial charge is 0.286 e. The zero-order valence-electron chi connectivity index (χ0n) is 9.40. The number of hydrogen-bond acceptors (Lipinski definition) is 3. The second kappa shape index (κ2) is 5.79. The van der Waals surface area contributed by atoms with Gasteiger partial charge in [-0.2, -0.15) is 12.7 Å². The van der Waals surface area contributed by atoms with Gasteiger partial charge in [0.15, 0.2) is 0 Å². The van der Waals surface area contributed by atoms with Crippen LogP contribution < -0.4 is 4.89 Å². The van der Waals surface area contributed by atoms with Crippen molar-refractivity contribution in [2.24, 2.45) is 0 Å². The van der Waals surface area contributed by atoms with Crippen LogP contribution in [0.2, 0.25) is 0 Å². The normalized spacial score (nSPS) is 19.7. The SMILES string of the molecule is CCONS(=O)(=O)N(C)C1CCCCC1. The highest BCUT2D eigenvalue weighted by atomic mass is 32.2. The van der Waals surface area contributed by atoms with E-state index in [9.17, 15) is 8.42 Å². The van der Waals surface area contributed by atoms with Crippen LogP contribution in [0.15, 0.2) is 0 Å². The maximum Gasteiger partial charge on any atom is 0.301 e. The Morgan fingerprint density at radius 3 is 2.47 bits per heavy atom. The zero-order valence-corrected chi connectivity index (χ0v) is 10.2. The van der Waals surface area contributed by atoms with Gasteiger partial charge in [-0.25, -0.2) is 0 Å². The molecule has 0 aliphatic heterocycles. The maximum atomic E-state index is 11.7. The molecule has 90 valence electrons. The van der Waals surface area contributed by atoms with Crippen molar-refractivity contribution in [3.8, 4) is 0 Å². The Labute approximate surface area is 91.9 Å². The van der Waals surface area contributed by atoms with E-state index >= 15 is 0 Å². The van der Waals surface area contributed by atoms with Gasteiger partial charge in [-0.3, -0.25) is 4.84 Å². The molecule has 0 unspecified atom stereocenters. The van der Waals surface area contributed by atoms with Crippen molar-refractivity contribution in [3.63, 3.8) is 0 Å². The minimum absolute atomic E-state index is 0.122. The Balaban J connectivity index is 2.53. The molecule has 0 atom stereocenters. The van der Waals surface area contributed by atoms with Gasteiger partial charge in [-0.05, 0) is 19.8 Å². The van der Waals surface area contributed by atoms with Gasteiger partial charge in [0.1, 0.15) is 0 Å². The van der Waals surface area contributed by atoms with Gasteiger partial charge in [0.05, 0.1) is 6.61 Å². The number of nitrogens with zero attached hydrogens (tertiary/aromatic N) is 1. The topological polar surface area (TPSA) is 58.6 Å². The van der Waals surface area contributed by atoms with Crippen molar-refractivity contribution >= 4 is 10.2 Å². The minimum atomic E-state index is -3.46. The summed E-state index contributed by atoms with van der Waals surface area (Å²) in [7, 11) is -1.85. The Morgan fingerprint density at radius 2 is 1.93 bits per heavy atom. The van der Waals surface area contributed by atoms with Gasteiger partial charge >= 0.3 is 10.2 Å². The third kappa shape index (κ3) is 3.71. The summed E-state index contributed by atoms with van der Waals surface area (Å²) < 4.78 is 24.7. The highest BCUT2D eigenvalue weighted by Gasteiger charge is 2.27. The van der Waals surface area contributed by atoms with Crippen molar-refractivity contribution < 1.29 is 13.3 Å². The summed E-state index contributed by atoms with van der Waals surface area (Å²) in [5.41, 5.74) is 0. The van der Waals surface area contributed by atoms with Crippen LogP contribution in [-0.2, 0) is 15.0 Å². The number of rotatable bonds is 5. The van der Waals surface area contributed by atoms with Crippen LogP contribution in [0.5, 0.6) is 0 Å². The van der Waals surface area contributed by atoms with E-state index in [0.717, 1.165) is 25.7 Å². The standard InChI is InChI=1S/C9H20N2O3S/c1-3-14-10-15(12,13)11(2)9-7-5-4-6-8-9/h9-10H,3-8H2,1-2H3. The first-order valence-corrected chi connectivity index (χ1v) is 6.88. The van der Waals surface area contributed by atoms with E-state index in [1.165, 1.54) is 10.7 Å². The first-order chi connectivity index (χ1) is 7.08. The average Bonchev–Trinajstić information content (AvgIpc) is 2.26. The summed E-state index contributed by atoms with van der Waals surface area (Å²) in [5, 5.41) is 0. The summed E-state index contributed by atoms with van der Waals surface area (Å²) in [4.78, 5) is 6.83. The second-order valence-electron chi connectivity index (χ2n) is 3.83. The molecule has 0 amide bonds. The molecule has 0 spiro atoms. The Kier molecular flexibility index (Phi) is 4.98. The molecule has 0 radical (unpaired) electrons. The van der Waals surface area contributed by atoms with Gasteiger partial charge in [0.25, 0.3) is 0 Å². The van der Waals surface area contributed by atoms with E-state index in [1.54, 1.807) is 14.0 Å². The van der Waals surface area contributed by atoms with E-state index in [0.29, 0.717) is 6.61 Å². The molecular weight excluding hydrogens is 216 g/mol. The third-order valence-electron chi connectivity index (χ3n) is 2.78. The molecule has 15 heavy (non-hydrogen) atoms. The monoisotopic (exact) mass is 236 g/mol. The van der Waals surface area contributed by atoms with Crippen molar-refractivity contribution in [1.82, 2.24) is 9.19 Å². The Bertz CT molecular complexity index is 273. The van der Waals surface area contributed by atoms with E-state index < -0.39 is 10.2 Å². The molecule has 1 aliphatic rings. The number of hydrogen-bond donors (Lipinski definition) is 1. The van der Waals surface area contributed by atoms with Gasteiger partial charge in [0.2, 0.25) is 0 Å². The van der Waals surface area contributed by atoms with Crippen molar-refractivity contribution in [3.05, 3.63) is 0 Å². The molecule has 0 aromatic heterocycles. The van der Waals surface area contributed by atoms with Crippen molar-refractivity contribution in [1.29, 1.82) is 0 Å². The van der Waals surface area contributed by atoms with Crippen LogP contribution in [0.4, 0.5) is 0 Å². The van der Waals surface area contributed by atoms with Gasteiger partial charge in [-0.1, -0.05) is 24.1 Å². The molecule has 0 aromatic rings. The van der Waals surface area contributed by atoms with Crippen LogP contribution in [0, 0.1) is 0 Å². The van der Waals surface area contributed by atoms with Gasteiger partial charge in [0, 0.05) is 13.1 Å². The largest absolute Gasteiger partial charge is 0.301 e. The minimum Gasteiger partial charge on any atom is -0.286 e. The predicted molar refractivity (Wildman–Crippen MR) is 58.3 cm³/mol. The third-order valence-corrected chi connectivity index (χ3v) is 4.16. The van der Waals surface area contributed by atoms with Crippen LogP contribution in [0.1, 0.15) is 39.0 Å². The zero-order chi connectivity index (χ0) is 11.3. The Morgan fingerprint density at radius 1 is 1.33 bits per heavy atom. The first kappa shape index (κ1) is 12.9. The quantitative estimate of drug-likeness (QED) is 0.725. The summed E-state index contributed by atoms with van der Waals surface area (Å²) in [6.07, 6.45) is 5.33. The molecule has 0 bridgehead atoms. The molecule has 0 aromatic carbocycles. The molecule has 1 saturated carbocycles. The molecule has 0 heterocycles. The lowest BCUT2D eigenvalue weighted by atomic mass is 9.96. The lowest BCUT2D eigenvalue weighted by Gasteiger charge is -2.29. The van der Waals surface area contributed by atoms with Crippen molar-refractivity contribution in [2.45, 2.75) is 45.1 Å². The van der Waals surface area contributed by atoms with Crippen LogP contribution >= 0.6 is 0 Å². The highest BCUT2D eigenvalue weighted by Crippen LogP contribution is 2.22. The fourth-order valence-corrected chi connectivity index (χ4v) is 2.82. The van der Waals surface area contributed by atoms with Gasteiger partial charge in [-0.15, -0.1) is 0 Å². The fraction of sp³-hybridized carbons (Fsp3) is 1.00. The fourth-order valence-electron chi connectivity index (χ4n) is 1.83. The molecule has 1 aliphatic carbocycles. The lowest BCUT2D eigenvalue weighted by molar-refractivity contribution is 0.0977. The maximum absolute atomic E-state index is 11.7. The molecule has 1 rings (SSSR count). The predicted octanol–water partition coefficient (Wildman–Crippen LogP) is 1.04. The Hall–Kier alpha value is -0.170. The molecule has 1 N–H and O–H groups in total. The summed E-state index contributed by atoms with van der Waals surface area (Å²) in [5.74, 6) is 0. The van der Waals surface area contributed by atoms with E-state index in [2.05, 4.69) is 4.89 Å². The van der Waals surface area contributed by atoms with Crippen LogP contribution in [0.3, 0.4) is 0 Å². The second-order valence-corrected chi connectivity index (χ2v) is 5.52. The first-order valence-electron chi connectivity index (χ1n) is 5.44.